The fraction of sp³-hybridized carbons (Fsp3) is 0.909. The summed E-state index contributed by atoms with van der Waals surface area (Å²) < 4.78 is 0. The van der Waals surface area contributed by atoms with Crippen molar-refractivity contribution in [1.82, 2.24) is 10.2 Å². The predicted octanol–water partition coefficient (Wildman–Crippen LogP) is 0.605. The van der Waals surface area contributed by atoms with Gasteiger partial charge in [0.2, 0.25) is 5.91 Å². The maximum Gasteiger partial charge on any atom is 0.221 e. The molecule has 1 saturated carbocycles. The zero-order valence-electron chi connectivity index (χ0n) is 8.70. The average molecular weight is 194 g/mol. The molecule has 0 radical (unpaired) electrons. The highest BCUT2D eigenvalue weighted by atomic mass is 16.1. The summed E-state index contributed by atoms with van der Waals surface area (Å²) in [4.78, 5) is 14.0. The SMILES string of the molecule is CN1[C@@H]2CNC(=O)C[C@@H]1[C@@H]1CC[C@@H]2C1. The van der Waals surface area contributed by atoms with Crippen LogP contribution < -0.4 is 5.32 Å². The van der Waals surface area contributed by atoms with E-state index in [0.29, 0.717) is 12.1 Å². The first-order chi connectivity index (χ1) is 6.75. The third kappa shape index (κ3) is 1.11. The Morgan fingerprint density at radius 2 is 2.00 bits per heavy atom. The largest absolute Gasteiger partial charge is 0.354 e. The van der Waals surface area contributed by atoms with Crippen LogP contribution in [0.25, 0.3) is 0 Å². The van der Waals surface area contributed by atoms with Gasteiger partial charge in [0.1, 0.15) is 0 Å². The van der Waals surface area contributed by atoms with Crippen molar-refractivity contribution in [3.05, 3.63) is 0 Å². The van der Waals surface area contributed by atoms with Crippen LogP contribution in [0.5, 0.6) is 0 Å². The number of carbonyl (C=O) groups excluding carboxylic acids is 1. The van der Waals surface area contributed by atoms with Gasteiger partial charge in [0.15, 0.2) is 0 Å². The molecule has 4 bridgehead atoms. The molecule has 2 aliphatic heterocycles. The van der Waals surface area contributed by atoms with Gasteiger partial charge in [-0.1, -0.05) is 0 Å². The molecule has 1 N–H and O–H groups in total. The predicted molar refractivity (Wildman–Crippen MR) is 53.8 cm³/mol. The van der Waals surface area contributed by atoms with Gasteiger partial charge in [-0.2, -0.15) is 0 Å². The molecule has 0 unspecified atom stereocenters. The van der Waals surface area contributed by atoms with Crippen LogP contribution in [0.3, 0.4) is 0 Å². The van der Waals surface area contributed by atoms with E-state index < -0.39 is 0 Å². The van der Waals surface area contributed by atoms with Crippen molar-refractivity contribution in [3.63, 3.8) is 0 Å². The van der Waals surface area contributed by atoms with E-state index in [4.69, 9.17) is 0 Å². The molecule has 3 rings (SSSR count). The van der Waals surface area contributed by atoms with Crippen molar-refractivity contribution in [2.24, 2.45) is 11.8 Å². The lowest BCUT2D eigenvalue weighted by molar-refractivity contribution is -0.121. The fourth-order valence-electron chi connectivity index (χ4n) is 3.76. The molecule has 3 aliphatic rings. The van der Waals surface area contributed by atoms with Crippen molar-refractivity contribution in [1.29, 1.82) is 0 Å². The van der Waals surface area contributed by atoms with Gasteiger partial charge < -0.3 is 5.32 Å². The molecule has 2 heterocycles. The molecule has 0 aromatic heterocycles. The molecular weight excluding hydrogens is 176 g/mol. The number of nitrogens with zero attached hydrogens (tertiary/aromatic N) is 1. The molecule has 14 heavy (non-hydrogen) atoms. The molecule has 4 atom stereocenters. The maximum atomic E-state index is 11.5. The molecular formula is C11H18N2O. The lowest BCUT2D eigenvalue weighted by Crippen LogP contribution is -2.50. The minimum Gasteiger partial charge on any atom is -0.354 e. The Morgan fingerprint density at radius 1 is 1.29 bits per heavy atom. The van der Waals surface area contributed by atoms with Gasteiger partial charge in [0, 0.05) is 25.0 Å². The minimum atomic E-state index is 0.261. The highest BCUT2D eigenvalue weighted by molar-refractivity contribution is 5.77. The molecule has 1 aliphatic carbocycles. The first-order valence-corrected chi connectivity index (χ1v) is 5.74. The third-order valence-corrected chi connectivity index (χ3v) is 4.55. The number of amides is 1. The van der Waals surface area contributed by atoms with E-state index >= 15 is 0 Å². The van der Waals surface area contributed by atoms with E-state index in [-0.39, 0.29) is 5.91 Å². The number of piperidine rings is 1. The number of hydrogen-bond donors (Lipinski definition) is 1. The lowest BCUT2D eigenvalue weighted by atomic mass is 9.85. The number of fused-ring (bicyclic) bond motifs is 6. The Hall–Kier alpha value is -0.570. The normalized spacial score (nSPS) is 47.4. The van der Waals surface area contributed by atoms with Crippen molar-refractivity contribution in [2.75, 3.05) is 13.6 Å². The summed E-state index contributed by atoms with van der Waals surface area (Å²) in [5.74, 6) is 1.90. The number of likely N-dealkylation sites (N-methyl/N-ethyl adjacent to an activating group) is 1. The maximum absolute atomic E-state index is 11.5. The lowest BCUT2D eigenvalue weighted by Gasteiger charge is -2.41. The Bertz CT molecular complexity index is 266. The van der Waals surface area contributed by atoms with Crippen molar-refractivity contribution >= 4 is 5.91 Å². The topological polar surface area (TPSA) is 32.3 Å². The van der Waals surface area contributed by atoms with Crippen LogP contribution in [0.4, 0.5) is 0 Å². The Morgan fingerprint density at radius 3 is 2.79 bits per heavy atom. The molecule has 3 nitrogen and oxygen atoms in total. The summed E-state index contributed by atoms with van der Waals surface area (Å²) in [5.41, 5.74) is 0. The van der Waals surface area contributed by atoms with Crippen molar-refractivity contribution in [3.8, 4) is 0 Å². The quantitative estimate of drug-likeness (QED) is 0.612. The van der Waals surface area contributed by atoms with Crippen molar-refractivity contribution in [2.45, 2.75) is 37.8 Å². The summed E-state index contributed by atoms with van der Waals surface area (Å²) in [6, 6.07) is 1.14. The molecule has 3 fully saturated rings. The monoisotopic (exact) mass is 194 g/mol. The van der Waals surface area contributed by atoms with Crippen LogP contribution in [-0.2, 0) is 4.79 Å². The van der Waals surface area contributed by atoms with Gasteiger partial charge in [-0.05, 0) is 38.1 Å². The molecule has 0 aromatic rings. The van der Waals surface area contributed by atoms with Crippen molar-refractivity contribution < 1.29 is 4.79 Å². The summed E-state index contributed by atoms with van der Waals surface area (Å²) in [7, 11) is 2.21. The first kappa shape index (κ1) is 8.72. The van der Waals surface area contributed by atoms with Crippen LogP contribution in [-0.4, -0.2) is 36.5 Å². The van der Waals surface area contributed by atoms with Crippen LogP contribution in [0, 0.1) is 11.8 Å². The summed E-state index contributed by atoms with van der Waals surface area (Å²) in [5, 5.41) is 3.05. The summed E-state index contributed by atoms with van der Waals surface area (Å²) >= 11 is 0. The average Bonchev–Trinajstić information content (AvgIpc) is 2.55. The van der Waals surface area contributed by atoms with Gasteiger partial charge in [-0.3, -0.25) is 9.69 Å². The zero-order valence-corrected chi connectivity index (χ0v) is 8.70. The molecule has 78 valence electrons. The van der Waals surface area contributed by atoms with Gasteiger partial charge in [0.05, 0.1) is 0 Å². The molecule has 2 saturated heterocycles. The highest BCUT2D eigenvalue weighted by Gasteiger charge is 2.46. The van der Waals surface area contributed by atoms with E-state index in [9.17, 15) is 4.79 Å². The number of hydrogen-bond acceptors (Lipinski definition) is 2. The second-order valence-corrected chi connectivity index (χ2v) is 5.14. The molecule has 1 amide bonds. The summed E-state index contributed by atoms with van der Waals surface area (Å²) in [6.07, 6.45) is 4.83. The standard InChI is InChI=1S/C11H18N2O/c1-13-9-5-11(14)12-6-10(13)8-3-2-7(9)4-8/h7-10H,2-6H2,1H3,(H,12,14)/t7-,8-,9-,10-/m1/s1. The number of rotatable bonds is 0. The van der Waals surface area contributed by atoms with Crippen LogP contribution in [0.1, 0.15) is 25.7 Å². The Labute approximate surface area is 84.8 Å². The van der Waals surface area contributed by atoms with Gasteiger partial charge >= 0.3 is 0 Å². The van der Waals surface area contributed by atoms with Crippen LogP contribution in [0.15, 0.2) is 0 Å². The molecule has 0 aromatic carbocycles. The highest BCUT2D eigenvalue weighted by Crippen LogP contribution is 2.44. The van der Waals surface area contributed by atoms with E-state index in [1.54, 1.807) is 0 Å². The van der Waals surface area contributed by atoms with Gasteiger partial charge in [-0.25, -0.2) is 0 Å². The smallest absolute Gasteiger partial charge is 0.221 e. The van der Waals surface area contributed by atoms with Gasteiger partial charge in [-0.15, -0.1) is 0 Å². The van der Waals surface area contributed by atoms with E-state index in [0.717, 1.165) is 24.8 Å². The van der Waals surface area contributed by atoms with E-state index in [1.807, 2.05) is 0 Å². The molecule has 3 heteroatoms. The van der Waals surface area contributed by atoms with Crippen LogP contribution in [0.2, 0.25) is 0 Å². The Balaban J connectivity index is 1.93. The third-order valence-electron chi connectivity index (χ3n) is 4.55. The zero-order chi connectivity index (χ0) is 9.71. The van der Waals surface area contributed by atoms with Crippen LogP contribution >= 0.6 is 0 Å². The fourth-order valence-corrected chi connectivity index (χ4v) is 3.76. The molecule has 0 spiro atoms. The second-order valence-electron chi connectivity index (χ2n) is 5.14. The van der Waals surface area contributed by atoms with E-state index in [1.165, 1.54) is 19.3 Å². The minimum absolute atomic E-state index is 0.261. The second kappa shape index (κ2) is 2.96. The number of nitrogens with one attached hydrogen (secondary N) is 1. The Kier molecular flexibility index (Phi) is 1.84. The van der Waals surface area contributed by atoms with Gasteiger partial charge in [0.25, 0.3) is 0 Å². The number of carbonyl (C=O) groups is 1. The first-order valence-electron chi connectivity index (χ1n) is 5.74. The summed E-state index contributed by atoms with van der Waals surface area (Å²) in [6.45, 7) is 0.878. The van der Waals surface area contributed by atoms with E-state index in [2.05, 4.69) is 17.3 Å².